The van der Waals surface area contributed by atoms with E-state index >= 15 is 0 Å². The number of carbonyl (C=O) groups excluding carboxylic acids is 2. The molecular weight excluding hydrogens is 404 g/mol. The molecule has 2 aromatic carbocycles. The number of ether oxygens (including phenoxy) is 1. The molecular formula is C22H20N2O5S. The first-order chi connectivity index (χ1) is 14.3. The van der Waals surface area contributed by atoms with Gasteiger partial charge in [0.2, 0.25) is 21.8 Å². The van der Waals surface area contributed by atoms with Crippen molar-refractivity contribution in [3.63, 3.8) is 0 Å². The first-order valence-electron chi connectivity index (χ1n) is 9.69. The van der Waals surface area contributed by atoms with E-state index in [1.807, 2.05) is 13.0 Å². The predicted octanol–water partition coefficient (Wildman–Crippen LogP) is 1.79. The molecule has 4 atom stereocenters. The Hall–Kier alpha value is -2.81. The summed E-state index contributed by atoms with van der Waals surface area (Å²) in [7, 11) is -3.79. The summed E-state index contributed by atoms with van der Waals surface area (Å²) in [5.74, 6) is -2.08. The maximum atomic E-state index is 13.2. The maximum Gasteiger partial charge on any atom is 0.241 e. The van der Waals surface area contributed by atoms with Crippen LogP contribution in [0.15, 0.2) is 71.6 Å². The molecule has 0 unspecified atom stereocenters. The molecule has 5 rings (SSSR count). The van der Waals surface area contributed by atoms with Crippen molar-refractivity contribution in [1.82, 2.24) is 4.72 Å². The third kappa shape index (κ3) is 2.75. The van der Waals surface area contributed by atoms with Gasteiger partial charge in [0.05, 0.1) is 28.5 Å². The average molecular weight is 424 g/mol. The van der Waals surface area contributed by atoms with E-state index in [-0.39, 0.29) is 23.3 Å². The van der Waals surface area contributed by atoms with Crippen LogP contribution in [-0.4, -0.2) is 38.5 Å². The summed E-state index contributed by atoms with van der Waals surface area (Å²) in [5, 5.41) is 0. The number of nitrogens with one attached hydrogen (secondary N) is 1. The van der Waals surface area contributed by atoms with E-state index < -0.39 is 33.6 Å². The lowest BCUT2D eigenvalue weighted by Gasteiger charge is -2.29. The molecule has 3 heterocycles. The van der Waals surface area contributed by atoms with Gasteiger partial charge in [-0.1, -0.05) is 48.0 Å². The zero-order chi connectivity index (χ0) is 21.1. The maximum absolute atomic E-state index is 13.2. The van der Waals surface area contributed by atoms with Gasteiger partial charge in [0, 0.05) is 6.54 Å². The quantitative estimate of drug-likeness (QED) is 0.584. The van der Waals surface area contributed by atoms with Crippen LogP contribution in [0, 0.1) is 18.8 Å². The van der Waals surface area contributed by atoms with Gasteiger partial charge in [0.25, 0.3) is 0 Å². The number of benzene rings is 2. The fraction of sp³-hybridized carbons (Fsp3) is 0.273. The summed E-state index contributed by atoms with van der Waals surface area (Å²) < 4.78 is 34.1. The van der Waals surface area contributed by atoms with Gasteiger partial charge in [-0.05, 0) is 31.2 Å². The van der Waals surface area contributed by atoms with Crippen LogP contribution in [0.5, 0.6) is 0 Å². The van der Waals surface area contributed by atoms with E-state index in [4.69, 9.17) is 4.74 Å². The Bertz CT molecular complexity index is 1160. The molecule has 7 nitrogen and oxygen atoms in total. The highest BCUT2D eigenvalue weighted by Crippen LogP contribution is 2.52. The first kappa shape index (κ1) is 19.2. The number of hydrogen-bond acceptors (Lipinski definition) is 5. The van der Waals surface area contributed by atoms with Gasteiger partial charge in [-0.2, -0.15) is 0 Å². The minimum Gasteiger partial charge on any atom is -0.361 e. The van der Waals surface area contributed by atoms with E-state index in [0.717, 1.165) is 5.56 Å². The fourth-order valence-electron chi connectivity index (χ4n) is 4.55. The summed E-state index contributed by atoms with van der Waals surface area (Å²) in [6, 6.07) is 15.3. The second kappa shape index (κ2) is 6.60. The van der Waals surface area contributed by atoms with Crippen LogP contribution in [0.3, 0.4) is 0 Å². The third-order valence-electron chi connectivity index (χ3n) is 6.04. The Morgan fingerprint density at radius 3 is 2.43 bits per heavy atom. The van der Waals surface area contributed by atoms with Crippen molar-refractivity contribution in [2.75, 3.05) is 11.4 Å². The van der Waals surface area contributed by atoms with Crippen LogP contribution < -0.4 is 9.62 Å². The topological polar surface area (TPSA) is 92.8 Å². The third-order valence-corrected chi connectivity index (χ3v) is 7.46. The lowest BCUT2D eigenvalue weighted by molar-refractivity contribution is -0.126. The SMILES string of the molecule is Cc1ccc(S(=O)(=O)NC[C@@]23C=C[C@@H](O2)[C@@H]2C(=O)N(c4ccccc4)C(=O)[C@H]23)cc1. The fourth-order valence-corrected chi connectivity index (χ4v) is 5.62. The van der Waals surface area contributed by atoms with Crippen LogP contribution >= 0.6 is 0 Å². The predicted molar refractivity (Wildman–Crippen MR) is 109 cm³/mol. The molecule has 2 bridgehead atoms. The highest BCUT2D eigenvalue weighted by atomic mass is 32.2. The molecule has 2 amide bonds. The second-order valence-corrected chi connectivity index (χ2v) is 9.65. The monoisotopic (exact) mass is 424 g/mol. The average Bonchev–Trinajstić information content (AvgIpc) is 3.38. The van der Waals surface area contributed by atoms with E-state index in [0.29, 0.717) is 5.69 Å². The number of imide groups is 1. The van der Waals surface area contributed by atoms with E-state index in [1.165, 1.54) is 17.0 Å². The zero-order valence-corrected chi connectivity index (χ0v) is 17.0. The number of sulfonamides is 1. The highest BCUT2D eigenvalue weighted by Gasteiger charge is 2.67. The van der Waals surface area contributed by atoms with Crippen molar-refractivity contribution in [2.45, 2.75) is 23.5 Å². The van der Waals surface area contributed by atoms with Crippen LogP contribution in [0.2, 0.25) is 0 Å². The number of aryl methyl sites for hydroxylation is 1. The molecule has 0 aliphatic carbocycles. The Morgan fingerprint density at radius 1 is 1.03 bits per heavy atom. The van der Waals surface area contributed by atoms with Crippen LogP contribution in [0.4, 0.5) is 5.69 Å². The van der Waals surface area contributed by atoms with Crippen LogP contribution in [0.25, 0.3) is 0 Å². The first-order valence-corrected chi connectivity index (χ1v) is 11.2. The Morgan fingerprint density at radius 2 is 1.73 bits per heavy atom. The molecule has 1 N–H and O–H groups in total. The lowest BCUT2D eigenvalue weighted by Crippen LogP contribution is -2.48. The van der Waals surface area contributed by atoms with Gasteiger partial charge in [-0.3, -0.25) is 9.59 Å². The van der Waals surface area contributed by atoms with Crippen molar-refractivity contribution in [1.29, 1.82) is 0 Å². The lowest BCUT2D eigenvalue weighted by atomic mass is 9.77. The van der Waals surface area contributed by atoms with Crippen molar-refractivity contribution < 1.29 is 22.7 Å². The summed E-state index contributed by atoms with van der Waals surface area (Å²) in [4.78, 5) is 27.6. The number of nitrogens with zero attached hydrogens (tertiary/aromatic N) is 1. The highest BCUT2D eigenvalue weighted by molar-refractivity contribution is 7.89. The van der Waals surface area contributed by atoms with E-state index in [2.05, 4.69) is 4.72 Å². The molecule has 2 fully saturated rings. The number of para-hydroxylation sites is 1. The number of carbonyl (C=O) groups is 2. The second-order valence-electron chi connectivity index (χ2n) is 7.89. The minimum absolute atomic E-state index is 0.126. The summed E-state index contributed by atoms with van der Waals surface area (Å²) in [6.07, 6.45) is 2.93. The van der Waals surface area contributed by atoms with Crippen LogP contribution in [-0.2, 0) is 24.3 Å². The van der Waals surface area contributed by atoms with Gasteiger partial charge in [0.15, 0.2) is 0 Å². The molecule has 154 valence electrons. The molecule has 2 aromatic rings. The van der Waals surface area contributed by atoms with Crippen molar-refractivity contribution in [3.05, 3.63) is 72.3 Å². The molecule has 2 saturated heterocycles. The molecule has 0 radical (unpaired) electrons. The Labute approximate surface area is 174 Å². The number of hydrogen-bond donors (Lipinski definition) is 1. The minimum atomic E-state index is -3.79. The van der Waals surface area contributed by atoms with Crippen molar-refractivity contribution in [2.24, 2.45) is 11.8 Å². The molecule has 8 heteroatoms. The summed E-state index contributed by atoms with van der Waals surface area (Å²) in [5.41, 5.74) is 0.285. The number of anilines is 1. The van der Waals surface area contributed by atoms with Gasteiger partial charge >= 0.3 is 0 Å². The number of rotatable bonds is 5. The van der Waals surface area contributed by atoms with Gasteiger partial charge in [0.1, 0.15) is 5.60 Å². The van der Waals surface area contributed by atoms with Gasteiger partial charge in [-0.25, -0.2) is 18.0 Å². The summed E-state index contributed by atoms with van der Waals surface area (Å²) >= 11 is 0. The van der Waals surface area contributed by atoms with E-state index in [1.54, 1.807) is 48.6 Å². The number of fused-ring (bicyclic) bond motifs is 5. The zero-order valence-electron chi connectivity index (χ0n) is 16.2. The molecule has 0 spiro atoms. The Kier molecular flexibility index (Phi) is 4.22. The van der Waals surface area contributed by atoms with Crippen molar-refractivity contribution >= 4 is 27.5 Å². The van der Waals surface area contributed by atoms with Gasteiger partial charge in [-0.15, -0.1) is 0 Å². The largest absolute Gasteiger partial charge is 0.361 e. The normalized spacial score (nSPS) is 29.6. The molecule has 30 heavy (non-hydrogen) atoms. The molecule has 3 aliphatic rings. The molecule has 3 aliphatic heterocycles. The summed E-state index contributed by atoms with van der Waals surface area (Å²) in [6.45, 7) is 1.75. The van der Waals surface area contributed by atoms with E-state index in [9.17, 15) is 18.0 Å². The Balaban J connectivity index is 1.43. The standard InChI is InChI=1S/C22H20N2O5S/c1-14-7-9-16(10-8-14)30(27,28)23-13-22-12-11-17(29-22)18-19(22)21(26)24(20(18)25)15-5-3-2-4-6-15/h2-12,17-19,23H,13H2,1H3/t17-,18+,19+,22-/m1/s1. The molecule has 0 saturated carbocycles. The van der Waals surface area contributed by atoms with Gasteiger partial charge < -0.3 is 4.74 Å². The van der Waals surface area contributed by atoms with Crippen LogP contribution in [0.1, 0.15) is 5.56 Å². The molecule has 0 aromatic heterocycles. The number of amides is 2. The smallest absolute Gasteiger partial charge is 0.241 e. The van der Waals surface area contributed by atoms with Crippen molar-refractivity contribution in [3.8, 4) is 0 Å².